The molecule has 0 bridgehead atoms. The fourth-order valence-corrected chi connectivity index (χ4v) is 4.61. The lowest BCUT2D eigenvalue weighted by molar-refractivity contribution is 0.243. The van der Waals surface area contributed by atoms with Crippen LogP contribution < -0.4 is 14.7 Å². The fourth-order valence-electron chi connectivity index (χ4n) is 4.61. The second-order valence-electron chi connectivity index (χ2n) is 8.97. The monoisotopic (exact) mass is 428 g/mol. The average Bonchev–Trinajstić information content (AvgIpc) is 2.85. The minimum atomic E-state index is 0.893. The van der Waals surface area contributed by atoms with Crippen molar-refractivity contribution in [2.75, 3.05) is 61.5 Å². The zero-order chi connectivity index (χ0) is 21.9. The Labute approximate surface area is 191 Å². The van der Waals surface area contributed by atoms with E-state index in [9.17, 15) is 0 Å². The molecule has 0 saturated carbocycles. The highest BCUT2D eigenvalue weighted by molar-refractivity contribution is 5.48. The summed E-state index contributed by atoms with van der Waals surface area (Å²) >= 11 is 0. The van der Waals surface area contributed by atoms with Crippen LogP contribution >= 0.6 is 0 Å². The molecule has 2 aromatic carbocycles. The molecule has 0 spiro atoms. The summed E-state index contributed by atoms with van der Waals surface area (Å²) in [4.78, 5) is 19.1. The van der Waals surface area contributed by atoms with Gasteiger partial charge in [0, 0.05) is 89.5 Å². The summed E-state index contributed by atoms with van der Waals surface area (Å²) in [5, 5.41) is 0. The van der Waals surface area contributed by atoms with Gasteiger partial charge in [-0.1, -0.05) is 30.3 Å². The Kier molecular flexibility index (Phi) is 5.95. The van der Waals surface area contributed by atoms with Crippen LogP contribution in [0.5, 0.6) is 0 Å². The minimum Gasteiger partial charge on any atom is -0.378 e. The zero-order valence-corrected chi connectivity index (χ0v) is 19.1. The van der Waals surface area contributed by atoms with Gasteiger partial charge in [-0.3, -0.25) is 4.90 Å². The van der Waals surface area contributed by atoms with E-state index in [2.05, 4.69) is 94.5 Å². The van der Waals surface area contributed by atoms with Crippen molar-refractivity contribution in [2.24, 2.45) is 0 Å². The first-order valence-corrected chi connectivity index (χ1v) is 11.5. The van der Waals surface area contributed by atoms with E-state index in [-0.39, 0.29) is 0 Å². The van der Waals surface area contributed by atoms with Gasteiger partial charge in [0.2, 0.25) is 5.95 Å². The highest BCUT2D eigenvalue weighted by Crippen LogP contribution is 2.23. The third-order valence-corrected chi connectivity index (χ3v) is 6.54. The first-order chi connectivity index (χ1) is 15.7. The van der Waals surface area contributed by atoms with E-state index in [0.29, 0.717) is 0 Å². The molecule has 5 rings (SSSR count). The largest absolute Gasteiger partial charge is 0.378 e. The Hall–Kier alpha value is -3.12. The molecule has 0 unspecified atom stereocenters. The van der Waals surface area contributed by atoms with E-state index in [0.717, 1.165) is 58.2 Å². The van der Waals surface area contributed by atoms with Crippen LogP contribution in [0, 0.1) is 0 Å². The Bertz CT molecular complexity index is 1030. The Morgan fingerprint density at radius 2 is 1.56 bits per heavy atom. The van der Waals surface area contributed by atoms with E-state index >= 15 is 0 Å². The van der Waals surface area contributed by atoms with Gasteiger partial charge < -0.3 is 14.7 Å². The third-order valence-electron chi connectivity index (χ3n) is 6.54. The minimum absolute atomic E-state index is 0.893. The topological polar surface area (TPSA) is 38.7 Å². The van der Waals surface area contributed by atoms with Crippen LogP contribution in [0.15, 0.2) is 60.8 Å². The number of rotatable bonds is 5. The standard InChI is InChI=1S/C26H32N6/c1-29(2)23-10-8-21(9-11-23)19-30-13-12-25-22(20-30)18-27-26(28-25)32-16-14-31(15-17-32)24-6-4-3-5-7-24/h3-11,18H,12-17,19-20H2,1-2H3. The second-order valence-corrected chi connectivity index (χ2v) is 8.97. The molecule has 6 heteroatoms. The summed E-state index contributed by atoms with van der Waals surface area (Å²) in [6.45, 7) is 6.87. The maximum absolute atomic E-state index is 4.97. The highest BCUT2D eigenvalue weighted by Gasteiger charge is 2.23. The molecule has 1 fully saturated rings. The van der Waals surface area contributed by atoms with Gasteiger partial charge in [-0.2, -0.15) is 0 Å². The summed E-state index contributed by atoms with van der Waals surface area (Å²) in [6.07, 6.45) is 3.05. The van der Waals surface area contributed by atoms with Crippen molar-refractivity contribution in [1.29, 1.82) is 0 Å². The molecule has 2 aliphatic rings. The summed E-state index contributed by atoms with van der Waals surface area (Å²) in [5.74, 6) is 0.893. The SMILES string of the molecule is CN(C)c1ccc(CN2CCc3nc(N4CCN(c5ccccc5)CC4)ncc3C2)cc1. The summed E-state index contributed by atoms with van der Waals surface area (Å²) < 4.78 is 0. The predicted molar refractivity (Wildman–Crippen MR) is 131 cm³/mol. The molecular weight excluding hydrogens is 396 g/mol. The Balaban J connectivity index is 1.19. The van der Waals surface area contributed by atoms with Gasteiger partial charge in [-0.15, -0.1) is 0 Å². The fraction of sp³-hybridized carbons (Fsp3) is 0.385. The van der Waals surface area contributed by atoms with Gasteiger partial charge >= 0.3 is 0 Å². The van der Waals surface area contributed by atoms with Gasteiger partial charge in [0.25, 0.3) is 0 Å². The van der Waals surface area contributed by atoms with E-state index in [1.54, 1.807) is 0 Å². The smallest absolute Gasteiger partial charge is 0.225 e. The summed E-state index contributed by atoms with van der Waals surface area (Å²) in [5.41, 5.74) is 6.39. The van der Waals surface area contributed by atoms with Gasteiger partial charge in [0.15, 0.2) is 0 Å². The van der Waals surface area contributed by atoms with Crippen molar-refractivity contribution in [3.8, 4) is 0 Å². The number of aromatic nitrogens is 2. The molecule has 32 heavy (non-hydrogen) atoms. The third kappa shape index (κ3) is 4.55. The molecule has 0 radical (unpaired) electrons. The van der Waals surface area contributed by atoms with Crippen LogP contribution in [0.1, 0.15) is 16.8 Å². The first-order valence-electron chi connectivity index (χ1n) is 11.5. The normalized spacial score (nSPS) is 16.7. The molecule has 1 saturated heterocycles. The first kappa shape index (κ1) is 20.8. The van der Waals surface area contributed by atoms with Crippen LogP contribution in [0.2, 0.25) is 0 Å². The van der Waals surface area contributed by atoms with Crippen molar-refractivity contribution < 1.29 is 0 Å². The molecular formula is C26H32N6. The van der Waals surface area contributed by atoms with E-state index in [1.807, 2.05) is 0 Å². The maximum Gasteiger partial charge on any atom is 0.225 e. The van der Waals surface area contributed by atoms with Crippen molar-refractivity contribution in [2.45, 2.75) is 19.5 Å². The van der Waals surface area contributed by atoms with E-state index in [4.69, 9.17) is 9.97 Å². The molecule has 0 N–H and O–H groups in total. The lowest BCUT2D eigenvalue weighted by Crippen LogP contribution is -2.47. The van der Waals surface area contributed by atoms with E-state index < -0.39 is 0 Å². The highest BCUT2D eigenvalue weighted by atomic mass is 15.3. The lowest BCUT2D eigenvalue weighted by Gasteiger charge is -2.36. The molecule has 2 aliphatic heterocycles. The predicted octanol–water partition coefficient (Wildman–Crippen LogP) is 3.43. The number of benzene rings is 2. The van der Waals surface area contributed by atoms with Crippen LogP contribution in [0.4, 0.5) is 17.3 Å². The number of piperazine rings is 1. The molecule has 3 heterocycles. The number of hydrogen-bond acceptors (Lipinski definition) is 6. The van der Waals surface area contributed by atoms with Crippen LogP contribution in [0.25, 0.3) is 0 Å². The van der Waals surface area contributed by atoms with Crippen LogP contribution in [-0.2, 0) is 19.5 Å². The van der Waals surface area contributed by atoms with Crippen molar-refractivity contribution in [3.05, 3.63) is 77.6 Å². The van der Waals surface area contributed by atoms with Gasteiger partial charge in [-0.05, 0) is 29.8 Å². The average molecular weight is 429 g/mol. The van der Waals surface area contributed by atoms with Gasteiger partial charge in [0.05, 0.1) is 5.69 Å². The van der Waals surface area contributed by atoms with Crippen molar-refractivity contribution in [3.63, 3.8) is 0 Å². The molecule has 1 aromatic heterocycles. The number of anilines is 3. The summed E-state index contributed by atoms with van der Waals surface area (Å²) in [7, 11) is 4.15. The Morgan fingerprint density at radius 1 is 0.844 bits per heavy atom. The van der Waals surface area contributed by atoms with Crippen LogP contribution in [-0.4, -0.2) is 61.7 Å². The molecule has 6 nitrogen and oxygen atoms in total. The maximum atomic E-state index is 4.97. The molecule has 3 aromatic rings. The number of nitrogens with zero attached hydrogens (tertiary/aromatic N) is 6. The van der Waals surface area contributed by atoms with E-state index in [1.165, 1.54) is 28.2 Å². The number of fused-ring (bicyclic) bond motifs is 1. The molecule has 166 valence electrons. The molecule has 0 aliphatic carbocycles. The number of para-hydroxylation sites is 1. The Morgan fingerprint density at radius 3 is 2.28 bits per heavy atom. The van der Waals surface area contributed by atoms with Gasteiger partial charge in [0.1, 0.15) is 0 Å². The van der Waals surface area contributed by atoms with Crippen molar-refractivity contribution in [1.82, 2.24) is 14.9 Å². The summed E-state index contributed by atoms with van der Waals surface area (Å²) in [6, 6.07) is 19.5. The van der Waals surface area contributed by atoms with Crippen molar-refractivity contribution >= 4 is 17.3 Å². The number of hydrogen-bond donors (Lipinski definition) is 0. The lowest BCUT2D eigenvalue weighted by atomic mass is 10.1. The second kappa shape index (κ2) is 9.17. The van der Waals surface area contributed by atoms with Gasteiger partial charge in [-0.25, -0.2) is 9.97 Å². The molecule has 0 amide bonds. The zero-order valence-electron chi connectivity index (χ0n) is 19.1. The quantitative estimate of drug-likeness (QED) is 0.620. The van der Waals surface area contributed by atoms with Crippen LogP contribution in [0.3, 0.4) is 0 Å². The molecule has 0 atom stereocenters.